The van der Waals surface area contributed by atoms with Crippen LogP contribution >= 0.6 is 12.4 Å². The summed E-state index contributed by atoms with van der Waals surface area (Å²) in [4.78, 5) is 0.0904. The summed E-state index contributed by atoms with van der Waals surface area (Å²) in [6, 6.07) is 4.22. The molecule has 1 aromatic rings. The van der Waals surface area contributed by atoms with Crippen LogP contribution in [0.25, 0.3) is 0 Å². The molecule has 2 rings (SSSR count). The van der Waals surface area contributed by atoms with Crippen LogP contribution in [0.5, 0.6) is 0 Å². The van der Waals surface area contributed by atoms with Gasteiger partial charge in [0.2, 0.25) is 10.0 Å². The standard InChI is InChI=1S/C15H23FN2O2S.ClH/c1-3-17-11-13-7-9-18(10-8-13)21(19,20)15-6-4-5-14(16)12(15)2;/h4-6,13,17H,3,7-11H2,1-2H3;1H. The Bertz CT molecular complexity index is 587. The van der Waals surface area contributed by atoms with Gasteiger partial charge in [-0.3, -0.25) is 0 Å². The van der Waals surface area contributed by atoms with Crippen LogP contribution < -0.4 is 5.32 Å². The van der Waals surface area contributed by atoms with E-state index in [4.69, 9.17) is 0 Å². The zero-order valence-corrected chi connectivity index (χ0v) is 14.6. The van der Waals surface area contributed by atoms with Gasteiger partial charge < -0.3 is 5.32 Å². The Morgan fingerprint density at radius 1 is 1.32 bits per heavy atom. The van der Waals surface area contributed by atoms with Crippen LogP contribution in [0, 0.1) is 18.7 Å². The van der Waals surface area contributed by atoms with E-state index in [9.17, 15) is 12.8 Å². The van der Waals surface area contributed by atoms with Crippen molar-refractivity contribution in [1.82, 2.24) is 9.62 Å². The van der Waals surface area contributed by atoms with E-state index in [1.807, 2.05) is 0 Å². The van der Waals surface area contributed by atoms with E-state index in [1.165, 1.54) is 29.4 Å². The Kier molecular flexibility index (Phi) is 7.25. The number of hydrogen-bond donors (Lipinski definition) is 1. The van der Waals surface area contributed by atoms with E-state index in [2.05, 4.69) is 12.2 Å². The summed E-state index contributed by atoms with van der Waals surface area (Å²) in [7, 11) is -3.59. The van der Waals surface area contributed by atoms with Crippen LogP contribution in [0.3, 0.4) is 0 Å². The summed E-state index contributed by atoms with van der Waals surface area (Å²) in [5.41, 5.74) is 0.201. The van der Waals surface area contributed by atoms with Gasteiger partial charge >= 0.3 is 0 Å². The first-order valence-electron chi connectivity index (χ1n) is 7.42. The fourth-order valence-electron chi connectivity index (χ4n) is 2.71. The normalized spacial score (nSPS) is 17.2. The molecule has 0 aromatic heterocycles. The van der Waals surface area contributed by atoms with Crippen LogP contribution in [-0.4, -0.2) is 38.9 Å². The molecule has 1 saturated heterocycles. The maximum Gasteiger partial charge on any atom is 0.243 e. The topological polar surface area (TPSA) is 49.4 Å². The first-order chi connectivity index (χ1) is 9.96. The Hall–Kier alpha value is -0.690. The summed E-state index contributed by atoms with van der Waals surface area (Å²) in [6.45, 7) is 6.46. The van der Waals surface area contributed by atoms with Crippen LogP contribution in [0.2, 0.25) is 0 Å². The Balaban J connectivity index is 0.00000242. The molecular weight excluding hydrogens is 327 g/mol. The number of nitrogens with one attached hydrogen (secondary N) is 1. The van der Waals surface area contributed by atoms with Crippen molar-refractivity contribution in [3.8, 4) is 0 Å². The van der Waals surface area contributed by atoms with Crippen LogP contribution in [0.1, 0.15) is 25.3 Å². The van der Waals surface area contributed by atoms with Crippen molar-refractivity contribution in [3.05, 3.63) is 29.6 Å². The number of piperidine rings is 1. The van der Waals surface area contributed by atoms with Gasteiger partial charge in [-0.2, -0.15) is 4.31 Å². The predicted octanol–water partition coefficient (Wildman–Crippen LogP) is 2.57. The van der Waals surface area contributed by atoms with E-state index >= 15 is 0 Å². The van der Waals surface area contributed by atoms with Gasteiger partial charge in [-0.05, 0) is 50.9 Å². The summed E-state index contributed by atoms with van der Waals surface area (Å²) < 4.78 is 40.3. The zero-order valence-electron chi connectivity index (χ0n) is 13.0. The molecule has 1 N–H and O–H groups in total. The lowest BCUT2D eigenvalue weighted by Gasteiger charge is -2.31. The quantitative estimate of drug-likeness (QED) is 0.888. The van der Waals surface area contributed by atoms with Gasteiger partial charge in [0.1, 0.15) is 5.82 Å². The summed E-state index contributed by atoms with van der Waals surface area (Å²) >= 11 is 0. The van der Waals surface area contributed by atoms with Gasteiger partial charge in [-0.15, -0.1) is 12.4 Å². The molecule has 1 heterocycles. The van der Waals surface area contributed by atoms with Gasteiger partial charge in [-0.25, -0.2) is 12.8 Å². The lowest BCUT2D eigenvalue weighted by atomic mass is 9.98. The lowest BCUT2D eigenvalue weighted by molar-refractivity contribution is 0.268. The minimum Gasteiger partial charge on any atom is -0.317 e. The van der Waals surface area contributed by atoms with Crippen molar-refractivity contribution < 1.29 is 12.8 Å². The highest BCUT2D eigenvalue weighted by molar-refractivity contribution is 7.89. The first kappa shape index (κ1) is 19.4. The summed E-state index contributed by atoms with van der Waals surface area (Å²) in [6.07, 6.45) is 1.70. The molecular formula is C15H24ClFN2O2S. The van der Waals surface area contributed by atoms with Gasteiger partial charge in [0, 0.05) is 18.7 Å². The van der Waals surface area contributed by atoms with Crippen LogP contribution in [0.15, 0.2) is 23.1 Å². The molecule has 0 atom stereocenters. The van der Waals surface area contributed by atoms with E-state index in [-0.39, 0.29) is 22.9 Å². The number of benzene rings is 1. The number of rotatable bonds is 5. The molecule has 1 aliphatic heterocycles. The Labute approximate surface area is 138 Å². The maximum atomic E-state index is 13.6. The summed E-state index contributed by atoms with van der Waals surface area (Å²) in [5, 5.41) is 3.30. The Morgan fingerprint density at radius 3 is 2.55 bits per heavy atom. The zero-order chi connectivity index (χ0) is 15.5. The van der Waals surface area contributed by atoms with Crippen molar-refractivity contribution >= 4 is 22.4 Å². The van der Waals surface area contributed by atoms with E-state index in [1.54, 1.807) is 0 Å². The molecule has 0 amide bonds. The van der Waals surface area contributed by atoms with Crippen molar-refractivity contribution in [2.24, 2.45) is 5.92 Å². The number of sulfonamides is 1. The predicted molar refractivity (Wildman–Crippen MR) is 88.4 cm³/mol. The van der Waals surface area contributed by atoms with E-state index in [0.717, 1.165) is 25.9 Å². The van der Waals surface area contributed by atoms with E-state index in [0.29, 0.717) is 19.0 Å². The van der Waals surface area contributed by atoms with Gasteiger partial charge in [0.25, 0.3) is 0 Å². The molecule has 126 valence electrons. The van der Waals surface area contributed by atoms with Gasteiger partial charge in [0.05, 0.1) is 4.90 Å². The Morgan fingerprint density at radius 2 is 1.95 bits per heavy atom. The fraction of sp³-hybridized carbons (Fsp3) is 0.600. The van der Waals surface area contributed by atoms with Gasteiger partial charge in [0.15, 0.2) is 0 Å². The second-order valence-corrected chi connectivity index (χ2v) is 7.42. The molecule has 4 nitrogen and oxygen atoms in total. The van der Waals surface area contributed by atoms with E-state index < -0.39 is 15.8 Å². The highest BCUT2D eigenvalue weighted by Crippen LogP contribution is 2.26. The fourth-order valence-corrected chi connectivity index (χ4v) is 4.41. The average Bonchev–Trinajstić information content (AvgIpc) is 2.48. The smallest absolute Gasteiger partial charge is 0.243 e. The number of nitrogens with zero attached hydrogens (tertiary/aromatic N) is 1. The number of hydrogen-bond acceptors (Lipinski definition) is 3. The molecule has 0 aliphatic carbocycles. The maximum absolute atomic E-state index is 13.6. The third-order valence-corrected chi connectivity index (χ3v) is 6.14. The molecule has 0 saturated carbocycles. The second-order valence-electron chi connectivity index (χ2n) is 5.52. The minimum atomic E-state index is -3.59. The van der Waals surface area contributed by atoms with Crippen molar-refractivity contribution in [1.29, 1.82) is 0 Å². The number of halogens is 2. The molecule has 0 spiro atoms. The SMILES string of the molecule is CCNCC1CCN(S(=O)(=O)c2cccc(F)c2C)CC1.Cl. The van der Waals surface area contributed by atoms with Crippen molar-refractivity contribution in [3.63, 3.8) is 0 Å². The van der Waals surface area contributed by atoms with Crippen LogP contribution in [0.4, 0.5) is 4.39 Å². The van der Waals surface area contributed by atoms with Gasteiger partial charge in [-0.1, -0.05) is 13.0 Å². The lowest BCUT2D eigenvalue weighted by Crippen LogP contribution is -2.41. The van der Waals surface area contributed by atoms with Crippen LogP contribution in [-0.2, 0) is 10.0 Å². The molecule has 0 radical (unpaired) electrons. The molecule has 0 bridgehead atoms. The third-order valence-electron chi connectivity index (χ3n) is 4.09. The second kappa shape index (κ2) is 8.24. The molecule has 1 aromatic carbocycles. The molecule has 0 unspecified atom stereocenters. The minimum absolute atomic E-state index is 0. The largest absolute Gasteiger partial charge is 0.317 e. The summed E-state index contributed by atoms with van der Waals surface area (Å²) in [5.74, 6) is 0.0445. The first-order valence-corrected chi connectivity index (χ1v) is 8.86. The van der Waals surface area contributed by atoms with Crippen molar-refractivity contribution in [2.45, 2.75) is 31.6 Å². The average molecular weight is 351 g/mol. The highest BCUT2D eigenvalue weighted by atomic mass is 35.5. The molecule has 7 heteroatoms. The molecule has 1 aliphatic rings. The highest BCUT2D eigenvalue weighted by Gasteiger charge is 2.30. The molecule has 1 fully saturated rings. The monoisotopic (exact) mass is 350 g/mol. The molecule has 22 heavy (non-hydrogen) atoms. The third kappa shape index (κ3) is 4.19. The van der Waals surface area contributed by atoms with Crippen molar-refractivity contribution in [2.75, 3.05) is 26.2 Å².